The molecule has 0 saturated heterocycles. The van der Waals surface area contributed by atoms with Crippen molar-refractivity contribution in [3.05, 3.63) is 90.6 Å². The number of hydrogen-bond acceptors (Lipinski definition) is 8. The Labute approximate surface area is 218 Å². The molecule has 9 heteroatoms. The molecule has 2 heterocycles. The van der Waals surface area contributed by atoms with Crippen LogP contribution in [-0.2, 0) is 9.53 Å². The van der Waals surface area contributed by atoms with E-state index in [1.807, 2.05) is 50.2 Å². The van der Waals surface area contributed by atoms with E-state index in [9.17, 15) is 9.59 Å². The van der Waals surface area contributed by atoms with Crippen molar-refractivity contribution in [2.75, 3.05) is 13.2 Å². The summed E-state index contributed by atoms with van der Waals surface area (Å²) in [5, 5.41) is 8.78. The molecule has 0 N–H and O–H groups in total. The van der Waals surface area contributed by atoms with E-state index < -0.39 is 12.0 Å². The second kappa shape index (κ2) is 11.3. The van der Waals surface area contributed by atoms with Gasteiger partial charge in [-0.2, -0.15) is 5.26 Å². The van der Waals surface area contributed by atoms with Crippen LogP contribution in [0, 0.1) is 11.3 Å². The predicted molar refractivity (Wildman–Crippen MR) is 140 cm³/mol. The number of hydrogen-bond donors (Lipinski definition) is 0. The van der Waals surface area contributed by atoms with E-state index in [1.165, 1.54) is 15.9 Å². The fraction of sp³-hybridized carbons (Fsp3) is 0.286. The molecular weight excluding hydrogens is 490 g/mol. The van der Waals surface area contributed by atoms with Gasteiger partial charge in [0.15, 0.2) is 11.4 Å². The molecule has 0 unspecified atom stereocenters. The Morgan fingerprint density at radius 1 is 1.24 bits per heavy atom. The van der Waals surface area contributed by atoms with Gasteiger partial charge >= 0.3 is 5.97 Å². The minimum absolute atomic E-state index is 0.0700. The number of benzene rings is 2. The van der Waals surface area contributed by atoms with Crippen molar-refractivity contribution in [3.8, 4) is 17.6 Å². The Balaban J connectivity index is 1.92. The standard InChI is InChI=1S/C28H27N3O5S/c1-5-34-27(33)24-18(4)30-28-31(25(24)21-11-6-7-12-22(21)36-17(2)3)26(32)23(37-28)16-19-9-8-10-20(15-19)35-14-13-29/h6-12,15-17,25H,5,14H2,1-4H3/b23-16-/t25-/m1/s1. The molecule has 37 heavy (non-hydrogen) atoms. The third-order valence-electron chi connectivity index (χ3n) is 5.55. The summed E-state index contributed by atoms with van der Waals surface area (Å²) >= 11 is 1.24. The number of carbonyl (C=O) groups is 1. The normalized spacial score (nSPS) is 15.1. The molecule has 0 amide bonds. The first-order valence-corrected chi connectivity index (χ1v) is 12.7. The van der Waals surface area contributed by atoms with Crippen LogP contribution in [0.25, 0.3) is 6.08 Å². The summed E-state index contributed by atoms with van der Waals surface area (Å²) in [5.41, 5.74) is 1.91. The predicted octanol–water partition coefficient (Wildman–Crippen LogP) is 3.49. The molecule has 1 atom stereocenters. The molecule has 0 bridgehead atoms. The Bertz CT molecular complexity index is 1580. The van der Waals surface area contributed by atoms with Crippen molar-refractivity contribution in [1.82, 2.24) is 4.57 Å². The molecule has 3 aromatic rings. The van der Waals surface area contributed by atoms with Crippen LogP contribution in [0.1, 0.15) is 44.9 Å². The van der Waals surface area contributed by atoms with E-state index in [-0.39, 0.29) is 24.9 Å². The number of ether oxygens (including phenoxy) is 3. The van der Waals surface area contributed by atoms with E-state index in [4.69, 9.17) is 19.5 Å². The van der Waals surface area contributed by atoms with Crippen LogP contribution in [-0.4, -0.2) is 29.9 Å². The van der Waals surface area contributed by atoms with E-state index in [0.29, 0.717) is 37.7 Å². The van der Waals surface area contributed by atoms with Gasteiger partial charge in [-0.1, -0.05) is 41.7 Å². The monoisotopic (exact) mass is 517 g/mol. The first-order valence-electron chi connectivity index (χ1n) is 11.9. The van der Waals surface area contributed by atoms with Crippen LogP contribution in [0.2, 0.25) is 0 Å². The van der Waals surface area contributed by atoms with Gasteiger partial charge in [-0.3, -0.25) is 9.36 Å². The lowest BCUT2D eigenvalue weighted by molar-refractivity contribution is -0.139. The number of rotatable bonds is 8. The number of aromatic nitrogens is 1. The van der Waals surface area contributed by atoms with E-state index in [2.05, 4.69) is 4.99 Å². The van der Waals surface area contributed by atoms with Crippen molar-refractivity contribution in [1.29, 1.82) is 5.26 Å². The Morgan fingerprint density at radius 3 is 2.76 bits per heavy atom. The van der Waals surface area contributed by atoms with Crippen LogP contribution >= 0.6 is 11.3 Å². The van der Waals surface area contributed by atoms with Gasteiger partial charge in [0, 0.05) is 5.56 Å². The lowest BCUT2D eigenvalue weighted by atomic mass is 9.95. The molecule has 190 valence electrons. The number of thiazole rings is 1. The van der Waals surface area contributed by atoms with Gasteiger partial charge in [0.1, 0.15) is 23.6 Å². The first kappa shape index (κ1) is 25.9. The Kier molecular flexibility index (Phi) is 7.89. The SMILES string of the molecule is CCOC(=O)C1=C(C)N=c2s/c(=C\c3cccc(OCC#N)c3)c(=O)n2[C@@H]1c1ccccc1OC(C)C. The minimum Gasteiger partial charge on any atom is -0.491 e. The Hall–Kier alpha value is -4.16. The van der Waals surface area contributed by atoms with Gasteiger partial charge in [-0.25, -0.2) is 9.79 Å². The fourth-order valence-electron chi connectivity index (χ4n) is 4.11. The van der Waals surface area contributed by atoms with Crippen molar-refractivity contribution in [3.63, 3.8) is 0 Å². The van der Waals surface area contributed by atoms with Crippen molar-refractivity contribution >= 4 is 23.4 Å². The maximum atomic E-state index is 13.8. The number of carbonyl (C=O) groups excluding carboxylic acids is 1. The highest BCUT2D eigenvalue weighted by Crippen LogP contribution is 2.36. The van der Waals surface area contributed by atoms with Gasteiger partial charge in [0.05, 0.1) is 28.5 Å². The average Bonchev–Trinajstić information content (AvgIpc) is 3.16. The van der Waals surface area contributed by atoms with E-state index >= 15 is 0 Å². The number of nitrogens with zero attached hydrogens (tertiary/aromatic N) is 3. The number of allylic oxidation sites excluding steroid dienone is 1. The first-order chi connectivity index (χ1) is 17.8. The second-order valence-corrected chi connectivity index (χ2v) is 9.54. The molecule has 2 aromatic carbocycles. The highest BCUT2D eigenvalue weighted by atomic mass is 32.1. The summed E-state index contributed by atoms with van der Waals surface area (Å²) in [4.78, 5) is 32.0. The molecule has 0 saturated carbocycles. The van der Waals surface area contributed by atoms with Gasteiger partial charge in [0.25, 0.3) is 5.56 Å². The molecular formula is C28H27N3O5S. The highest BCUT2D eigenvalue weighted by molar-refractivity contribution is 7.07. The van der Waals surface area contributed by atoms with Gasteiger partial charge in [-0.15, -0.1) is 0 Å². The summed E-state index contributed by atoms with van der Waals surface area (Å²) in [6.45, 7) is 7.45. The molecule has 0 aliphatic carbocycles. The molecule has 1 aliphatic rings. The number of para-hydroxylation sites is 1. The van der Waals surface area contributed by atoms with Crippen LogP contribution in [0.15, 0.2) is 69.6 Å². The molecule has 0 fully saturated rings. The summed E-state index contributed by atoms with van der Waals surface area (Å²) in [5.74, 6) is 0.585. The number of esters is 1. The Morgan fingerprint density at radius 2 is 2.03 bits per heavy atom. The highest BCUT2D eigenvalue weighted by Gasteiger charge is 2.35. The second-order valence-electron chi connectivity index (χ2n) is 8.53. The maximum Gasteiger partial charge on any atom is 0.338 e. The fourth-order valence-corrected chi connectivity index (χ4v) is 5.16. The molecule has 1 aromatic heterocycles. The third-order valence-corrected chi connectivity index (χ3v) is 6.54. The summed E-state index contributed by atoms with van der Waals surface area (Å²) in [7, 11) is 0. The molecule has 1 aliphatic heterocycles. The minimum atomic E-state index is -0.766. The summed E-state index contributed by atoms with van der Waals surface area (Å²) in [6.07, 6.45) is 1.64. The smallest absolute Gasteiger partial charge is 0.338 e. The summed E-state index contributed by atoms with van der Waals surface area (Å²) in [6, 6.07) is 15.7. The lowest BCUT2D eigenvalue weighted by Gasteiger charge is -2.26. The van der Waals surface area contributed by atoms with Crippen LogP contribution in [0.5, 0.6) is 11.5 Å². The zero-order valence-electron chi connectivity index (χ0n) is 21.1. The zero-order valence-corrected chi connectivity index (χ0v) is 21.9. The molecule has 0 radical (unpaired) electrons. The van der Waals surface area contributed by atoms with E-state index in [0.717, 1.165) is 5.56 Å². The van der Waals surface area contributed by atoms with Gasteiger partial charge in [0.2, 0.25) is 0 Å². The lowest BCUT2D eigenvalue weighted by Crippen LogP contribution is -2.40. The molecule has 0 spiro atoms. The van der Waals surface area contributed by atoms with Gasteiger partial charge < -0.3 is 14.2 Å². The largest absolute Gasteiger partial charge is 0.491 e. The maximum absolute atomic E-state index is 13.8. The topological polar surface area (TPSA) is 103 Å². The quantitative estimate of drug-likeness (QED) is 0.424. The van der Waals surface area contributed by atoms with Crippen LogP contribution in [0.4, 0.5) is 0 Å². The average molecular weight is 518 g/mol. The van der Waals surface area contributed by atoms with Crippen LogP contribution < -0.4 is 24.4 Å². The number of nitriles is 1. The molecule has 8 nitrogen and oxygen atoms in total. The zero-order chi connectivity index (χ0) is 26.5. The summed E-state index contributed by atoms with van der Waals surface area (Å²) < 4.78 is 18.8. The van der Waals surface area contributed by atoms with Gasteiger partial charge in [-0.05, 0) is 57.5 Å². The third kappa shape index (κ3) is 5.49. The molecule has 4 rings (SSSR count). The van der Waals surface area contributed by atoms with Crippen molar-refractivity contribution in [2.24, 2.45) is 4.99 Å². The van der Waals surface area contributed by atoms with Crippen molar-refractivity contribution in [2.45, 2.75) is 39.8 Å². The van der Waals surface area contributed by atoms with Crippen molar-refractivity contribution < 1.29 is 19.0 Å². The van der Waals surface area contributed by atoms with E-state index in [1.54, 1.807) is 38.1 Å². The number of fused-ring (bicyclic) bond motifs is 1. The van der Waals surface area contributed by atoms with Crippen LogP contribution in [0.3, 0.4) is 0 Å².